The minimum absolute atomic E-state index is 0.0130. The Morgan fingerprint density at radius 2 is 1.62 bits per heavy atom. The minimum atomic E-state index is 0.0130. The van der Waals surface area contributed by atoms with Gasteiger partial charge in [0.25, 0.3) is 5.91 Å². The third-order valence-electron chi connectivity index (χ3n) is 5.92. The summed E-state index contributed by atoms with van der Waals surface area (Å²) in [5, 5.41) is 0.954. The lowest BCUT2D eigenvalue weighted by atomic mass is 10.2. The summed E-state index contributed by atoms with van der Waals surface area (Å²) in [6, 6.07) is 18.0. The van der Waals surface area contributed by atoms with E-state index in [4.69, 9.17) is 4.74 Å². The molecule has 0 aliphatic carbocycles. The van der Waals surface area contributed by atoms with Gasteiger partial charge in [-0.2, -0.15) is 0 Å². The smallest absolute Gasteiger partial charge is 0.270 e. The van der Waals surface area contributed by atoms with Crippen LogP contribution in [0.4, 0.5) is 0 Å². The van der Waals surface area contributed by atoms with Gasteiger partial charge in [0.15, 0.2) is 0 Å². The molecule has 168 valence electrons. The molecule has 2 amide bonds. The number of benzene rings is 2. The number of hydrogen-bond acceptors (Lipinski definition) is 3. The fourth-order valence-electron chi connectivity index (χ4n) is 4.24. The number of carbonyl (C=O) groups excluding carboxylic acids is 2. The predicted octanol–water partition coefficient (Wildman–Crippen LogP) is 4.18. The number of hydrogen-bond donors (Lipinski definition) is 0. The number of rotatable bonds is 6. The maximum Gasteiger partial charge on any atom is 0.270 e. The van der Waals surface area contributed by atoms with Gasteiger partial charge in [0.1, 0.15) is 18.1 Å². The molecular formula is C26H31N3O3. The molecule has 6 nitrogen and oxygen atoms in total. The number of amides is 2. The van der Waals surface area contributed by atoms with Gasteiger partial charge in [-0.15, -0.1) is 0 Å². The lowest BCUT2D eigenvalue weighted by Gasteiger charge is -2.34. The quantitative estimate of drug-likeness (QED) is 0.586. The van der Waals surface area contributed by atoms with Gasteiger partial charge in [0, 0.05) is 45.0 Å². The van der Waals surface area contributed by atoms with Gasteiger partial charge in [-0.05, 0) is 29.7 Å². The zero-order valence-electron chi connectivity index (χ0n) is 19.1. The van der Waals surface area contributed by atoms with E-state index in [0.29, 0.717) is 44.4 Å². The van der Waals surface area contributed by atoms with Crippen LogP contribution in [0.3, 0.4) is 0 Å². The molecule has 0 spiro atoms. The molecule has 0 atom stereocenters. The van der Waals surface area contributed by atoms with E-state index < -0.39 is 0 Å². The molecule has 0 bridgehead atoms. The van der Waals surface area contributed by atoms with Crippen molar-refractivity contribution < 1.29 is 14.3 Å². The van der Waals surface area contributed by atoms with Crippen LogP contribution in [0.25, 0.3) is 10.9 Å². The van der Waals surface area contributed by atoms with Crippen molar-refractivity contribution in [3.63, 3.8) is 0 Å². The molecule has 2 heterocycles. The fourth-order valence-corrected chi connectivity index (χ4v) is 4.24. The van der Waals surface area contributed by atoms with E-state index in [9.17, 15) is 9.59 Å². The zero-order chi connectivity index (χ0) is 22.7. The van der Waals surface area contributed by atoms with Crippen molar-refractivity contribution in [2.75, 3.05) is 26.2 Å². The fraction of sp³-hybridized carbons (Fsp3) is 0.385. The molecule has 1 saturated heterocycles. The maximum absolute atomic E-state index is 13.5. The van der Waals surface area contributed by atoms with Crippen LogP contribution in [0, 0.1) is 5.92 Å². The highest BCUT2D eigenvalue weighted by Gasteiger charge is 2.27. The summed E-state index contributed by atoms with van der Waals surface area (Å²) in [4.78, 5) is 28.8. The molecule has 0 radical (unpaired) electrons. The molecule has 4 rings (SSSR count). The van der Waals surface area contributed by atoms with Crippen molar-refractivity contribution in [3.8, 4) is 5.75 Å². The monoisotopic (exact) mass is 433 g/mol. The Hall–Kier alpha value is -3.28. The van der Waals surface area contributed by atoms with Crippen LogP contribution in [0.15, 0.2) is 54.6 Å². The second-order valence-electron chi connectivity index (χ2n) is 8.80. The topological polar surface area (TPSA) is 54.8 Å². The predicted molar refractivity (Wildman–Crippen MR) is 126 cm³/mol. The van der Waals surface area contributed by atoms with E-state index in [-0.39, 0.29) is 11.8 Å². The molecule has 1 aliphatic rings. The Kier molecular flexibility index (Phi) is 6.49. The molecule has 32 heavy (non-hydrogen) atoms. The van der Waals surface area contributed by atoms with E-state index >= 15 is 0 Å². The normalized spacial score (nSPS) is 14.2. The van der Waals surface area contributed by atoms with Crippen LogP contribution < -0.4 is 4.74 Å². The Balaban J connectivity index is 1.64. The first-order valence-electron chi connectivity index (χ1n) is 11.3. The van der Waals surface area contributed by atoms with Crippen molar-refractivity contribution in [1.29, 1.82) is 0 Å². The number of carbonyl (C=O) groups is 2. The standard InChI is InChI=1S/C26H31N3O3/c1-19(2)17-29-23-10-7-11-25(32-18-21-8-5-4-6-9-21)22(23)16-24(29)26(31)28-14-12-27(13-15-28)20(3)30/h4-11,16,19H,12-15,17-18H2,1-3H3. The molecular weight excluding hydrogens is 402 g/mol. The number of ether oxygens (including phenoxy) is 1. The molecule has 1 aliphatic heterocycles. The SMILES string of the molecule is CC(=O)N1CCN(C(=O)c2cc3c(OCc4ccccc4)cccc3n2CC(C)C)CC1. The van der Waals surface area contributed by atoms with E-state index in [2.05, 4.69) is 24.5 Å². The third-order valence-corrected chi connectivity index (χ3v) is 5.92. The van der Waals surface area contributed by atoms with Gasteiger partial charge in [-0.25, -0.2) is 0 Å². The summed E-state index contributed by atoms with van der Waals surface area (Å²) in [7, 11) is 0. The third kappa shape index (κ3) is 4.64. The van der Waals surface area contributed by atoms with Gasteiger partial charge in [0.2, 0.25) is 5.91 Å². The van der Waals surface area contributed by atoms with Gasteiger partial charge in [0.05, 0.1) is 5.52 Å². The van der Waals surface area contributed by atoms with Crippen molar-refractivity contribution in [3.05, 3.63) is 65.9 Å². The van der Waals surface area contributed by atoms with E-state index in [1.807, 2.05) is 53.4 Å². The van der Waals surface area contributed by atoms with E-state index in [1.54, 1.807) is 11.8 Å². The summed E-state index contributed by atoms with van der Waals surface area (Å²) in [6.07, 6.45) is 0. The number of fused-ring (bicyclic) bond motifs is 1. The number of piperazine rings is 1. The van der Waals surface area contributed by atoms with Crippen molar-refractivity contribution in [2.45, 2.75) is 33.9 Å². The van der Waals surface area contributed by atoms with Crippen LogP contribution >= 0.6 is 0 Å². The van der Waals surface area contributed by atoms with Gasteiger partial charge in [-0.1, -0.05) is 50.2 Å². The number of aromatic nitrogens is 1. The highest BCUT2D eigenvalue weighted by Crippen LogP contribution is 2.31. The van der Waals surface area contributed by atoms with E-state index in [0.717, 1.165) is 28.8 Å². The van der Waals surface area contributed by atoms with E-state index in [1.165, 1.54) is 0 Å². The molecule has 2 aromatic carbocycles. The number of nitrogens with zero attached hydrogens (tertiary/aromatic N) is 3. The van der Waals surface area contributed by atoms with Crippen LogP contribution in [-0.4, -0.2) is 52.4 Å². The summed E-state index contributed by atoms with van der Waals surface area (Å²) in [5.74, 6) is 1.25. The van der Waals surface area contributed by atoms with Crippen molar-refractivity contribution >= 4 is 22.7 Å². The molecule has 1 aromatic heterocycles. The molecule has 0 unspecified atom stereocenters. The Morgan fingerprint density at radius 3 is 2.28 bits per heavy atom. The minimum Gasteiger partial charge on any atom is -0.488 e. The largest absolute Gasteiger partial charge is 0.488 e. The van der Waals surface area contributed by atoms with Gasteiger partial charge in [-0.3, -0.25) is 9.59 Å². The summed E-state index contributed by atoms with van der Waals surface area (Å²) >= 11 is 0. The Bertz CT molecular complexity index is 1100. The lowest BCUT2D eigenvalue weighted by molar-refractivity contribution is -0.130. The second-order valence-corrected chi connectivity index (χ2v) is 8.80. The Morgan fingerprint density at radius 1 is 0.938 bits per heavy atom. The highest BCUT2D eigenvalue weighted by atomic mass is 16.5. The molecule has 3 aromatic rings. The van der Waals surface area contributed by atoms with Crippen molar-refractivity contribution in [2.24, 2.45) is 5.92 Å². The molecule has 1 fully saturated rings. The molecule has 0 N–H and O–H groups in total. The second kappa shape index (κ2) is 9.47. The van der Waals surface area contributed by atoms with Crippen molar-refractivity contribution in [1.82, 2.24) is 14.4 Å². The highest BCUT2D eigenvalue weighted by molar-refractivity contribution is 6.00. The van der Waals surface area contributed by atoms with Gasteiger partial charge >= 0.3 is 0 Å². The van der Waals surface area contributed by atoms with Gasteiger partial charge < -0.3 is 19.1 Å². The van der Waals surface area contributed by atoms with Crippen LogP contribution in [-0.2, 0) is 17.9 Å². The average molecular weight is 434 g/mol. The van der Waals surface area contributed by atoms with Crippen LogP contribution in [0.2, 0.25) is 0 Å². The summed E-state index contributed by atoms with van der Waals surface area (Å²) < 4.78 is 8.28. The maximum atomic E-state index is 13.5. The average Bonchev–Trinajstić information content (AvgIpc) is 3.16. The Labute approximate surface area is 189 Å². The molecule has 6 heteroatoms. The lowest BCUT2D eigenvalue weighted by Crippen LogP contribution is -2.50. The first-order chi connectivity index (χ1) is 15.4. The summed E-state index contributed by atoms with van der Waals surface area (Å²) in [6.45, 7) is 9.38. The van der Waals surface area contributed by atoms with Crippen LogP contribution in [0.5, 0.6) is 5.75 Å². The molecule has 0 saturated carbocycles. The first-order valence-corrected chi connectivity index (χ1v) is 11.3. The summed E-state index contributed by atoms with van der Waals surface area (Å²) in [5.41, 5.74) is 2.79. The first kappa shape index (κ1) is 21.9. The zero-order valence-corrected chi connectivity index (χ0v) is 19.1. The van der Waals surface area contributed by atoms with Crippen LogP contribution in [0.1, 0.15) is 36.8 Å².